The Kier molecular flexibility index (Phi) is 6.55. The van der Waals surface area contributed by atoms with Gasteiger partial charge in [-0.1, -0.05) is 35.9 Å². The van der Waals surface area contributed by atoms with Crippen molar-refractivity contribution in [3.8, 4) is 0 Å². The van der Waals surface area contributed by atoms with Gasteiger partial charge in [-0.3, -0.25) is 0 Å². The van der Waals surface area contributed by atoms with E-state index >= 15 is 0 Å². The molecule has 0 fully saturated rings. The van der Waals surface area contributed by atoms with Gasteiger partial charge in [0, 0.05) is 33.8 Å². The molecule has 144 valence electrons. The summed E-state index contributed by atoms with van der Waals surface area (Å²) in [5, 5.41) is 7.62. The summed E-state index contributed by atoms with van der Waals surface area (Å²) < 4.78 is 0. The van der Waals surface area contributed by atoms with Crippen LogP contribution in [0.25, 0.3) is 0 Å². The number of anilines is 4. The first kappa shape index (κ1) is 20.2. The van der Waals surface area contributed by atoms with Crippen LogP contribution in [0.2, 0.25) is 5.02 Å². The van der Waals surface area contributed by atoms with Gasteiger partial charge in [-0.2, -0.15) is 0 Å². The molecule has 0 spiro atoms. The average Bonchev–Trinajstić information content (AvgIpc) is 2.67. The lowest BCUT2D eigenvalue weighted by atomic mass is 10.2. The van der Waals surface area contributed by atoms with Crippen LogP contribution in [-0.2, 0) is 0 Å². The standard InChI is InChI=1S/C23H24ClN3S/c1-16(2)27(20-7-5-4-6-8-20)21-13-11-18(12-14-21)25-23(28)26-19-10-9-17(3)22(24)15-19/h4-16H,1-3H3,(H2,25,26,28). The molecular weight excluding hydrogens is 386 g/mol. The molecule has 0 radical (unpaired) electrons. The maximum Gasteiger partial charge on any atom is 0.175 e. The van der Waals surface area contributed by atoms with Crippen molar-refractivity contribution in [2.24, 2.45) is 0 Å². The van der Waals surface area contributed by atoms with Crippen molar-refractivity contribution in [2.45, 2.75) is 26.8 Å². The Bertz CT molecular complexity index is 940. The maximum absolute atomic E-state index is 6.17. The molecule has 0 aliphatic carbocycles. The molecule has 0 aliphatic heterocycles. The second-order valence-electron chi connectivity index (χ2n) is 6.89. The first-order valence-corrected chi connectivity index (χ1v) is 10.0. The highest BCUT2D eigenvalue weighted by Crippen LogP contribution is 2.28. The fraction of sp³-hybridized carbons (Fsp3) is 0.174. The van der Waals surface area contributed by atoms with Gasteiger partial charge in [0.15, 0.2) is 5.11 Å². The summed E-state index contributed by atoms with van der Waals surface area (Å²) in [6, 6.07) is 24.8. The highest BCUT2D eigenvalue weighted by Gasteiger charge is 2.12. The second kappa shape index (κ2) is 9.09. The number of thiocarbonyl (C=S) groups is 1. The Balaban J connectivity index is 1.69. The molecule has 0 atom stereocenters. The van der Waals surface area contributed by atoms with Crippen molar-refractivity contribution in [1.29, 1.82) is 0 Å². The Labute approximate surface area is 177 Å². The van der Waals surface area contributed by atoms with Gasteiger partial charge in [-0.15, -0.1) is 0 Å². The van der Waals surface area contributed by atoms with E-state index in [1.54, 1.807) is 0 Å². The summed E-state index contributed by atoms with van der Waals surface area (Å²) in [5.74, 6) is 0. The lowest BCUT2D eigenvalue weighted by Crippen LogP contribution is -2.25. The molecule has 28 heavy (non-hydrogen) atoms. The molecule has 3 aromatic carbocycles. The van der Waals surface area contributed by atoms with E-state index in [4.69, 9.17) is 23.8 Å². The van der Waals surface area contributed by atoms with E-state index in [0.29, 0.717) is 16.2 Å². The smallest absolute Gasteiger partial charge is 0.175 e. The molecular formula is C23H24ClN3S. The van der Waals surface area contributed by atoms with Crippen LogP contribution < -0.4 is 15.5 Å². The third-order valence-corrected chi connectivity index (χ3v) is 5.00. The molecule has 5 heteroatoms. The zero-order valence-corrected chi connectivity index (χ0v) is 17.8. The fourth-order valence-electron chi connectivity index (χ4n) is 3.00. The van der Waals surface area contributed by atoms with Gasteiger partial charge >= 0.3 is 0 Å². The van der Waals surface area contributed by atoms with E-state index in [-0.39, 0.29) is 0 Å². The van der Waals surface area contributed by atoms with Gasteiger partial charge in [0.25, 0.3) is 0 Å². The molecule has 3 aromatic rings. The summed E-state index contributed by atoms with van der Waals surface area (Å²) in [6.45, 7) is 6.34. The molecule has 0 heterocycles. The number of hydrogen-bond acceptors (Lipinski definition) is 2. The minimum Gasteiger partial charge on any atom is -0.339 e. The third-order valence-electron chi connectivity index (χ3n) is 4.38. The van der Waals surface area contributed by atoms with E-state index in [1.807, 2.05) is 43.3 Å². The van der Waals surface area contributed by atoms with Crippen molar-refractivity contribution in [1.82, 2.24) is 0 Å². The summed E-state index contributed by atoms with van der Waals surface area (Å²) in [5.41, 5.74) is 5.13. The lowest BCUT2D eigenvalue weighted by molar-refractivity contribution is 0.789. The monoisotopic (exact) mass is 409 g/mol. The van der Waals surface area contributed by atoms with Crippen LogP contribution in [0.4, 0.5) is 22.7 Å². The van der Waals surface area contributed by atoms with Crippen molar-refractivity contribution >= 4 is 51.7 Å². The normalized spacial score (nSPS) is 10.6. The van der Waals surface area contributed by atoms with Crippen molar-refractivity contribution in [3.63, 3.8) is 0 Å². The predicted octanol–water partition coefficient (Wildman–Crippen LogP) is 7.00. The molecule has 0 unspecified atom stereocenters. The summed E-state index contributed by atoms with van der Waals surface area (Å²) in [6.07, 6.45) is 0. The molecule has 0 amide bonds. The Morgan fingerprint density at radius 1 is 0.857 bits per heavy atom. The Morgan fingerprint density at radius 2 is 1.43 bits per heavy atom. The number of benzene rings is 3. The van der Waals surface area contributed by atoms with Crippen LogP contribution in [0.1, 0.15) is 19.4 Å². The zero-order chi connectivity index (χ0) is 20.1. The largest absolute Gasteiger partial charge is 0.339 e. The highest BCUT2D eigenvalue weighted by molar-refractivity contribution is 7.80. The maximum atomic E-state index is 6.17. The fourth-order valence-corrected chi connectivity index (χ4v) is 3.42. The number of hydrogen-bond donors (Lipinski definition) is 2. The van der Waals surface area contributed by atoms with Crippen LogP contribution in [0.5, 0.6) is 0 Å². The van der Waals surface area contributed by atoms with Gasteiger partial charge in [-0.25, -0.2) is 0 Å². The first-order valence-electron chi connectivity index (χ1n) is 9.22. The Hall–Kier alpha value is -2.56. The zero-order valence-electron chi connectivity index (χ0n) is 16.2. The third kappa shape index (κ3) is 5.03. The number of halogens is 1. The molecule has 3 nitrogen and oxygen atoms in total. The van der Waals surface area contributed by atoms with Crippen molar-refractivity contribution < 1.29 is 0 Å². The van der Waals surface area contributed by atoms with Crippen LogP contribution in [0.3, 0.4) is 0 Å². The number of para-hydroxylation sites is 1. The molecule has 3 rings (SSSR count). The minimum absolute atomic E-state index is 0.343. The number of nitrogens with one attached hydrogen (secondary N) is 2. The van der Waals surface area contributed by atoms with Gasteiger partial charge in [0.1, 0.15) is 0 Å². The van der Waals surface area contributed by atoms with Crippen molar-refractivity contribution in [2.75, 3.05) is 15.5 Å². The van der Waals surface area contributed by atoms with Gasteiger partial charge in [0.2, 0.25) is 0 Å². The SMILES string of the molecule is Cc1ccc(NC(=S)Nc2ccc(N(c3ccccc3)C(C)C)cc2)cc1Cl. The molecule has 0 aromatic heterocycles. The van der Waals surface area contributed by atoms with E-state index in [1.165, 1.54) is 5.69 Å². The number of aryl methyl sites for hydroxylation is 1. The highest BCUT2D eigenvalue weighted by atomic mass is 35.5. The number of rotatable bonds is 5. The lowest BCUT2D eigenvalue weighted by Gasteiger charge is -2.29. The van der Waals surface area contributed by atoms with E-state index in [0.717, 1.165) is 22.6 Å². The van der Waals surface area contributed by atoms with Crippen LogP contribution >= 0.6 is 23.8 Å². The van der Waals surface area contributed by atoms with Gasteiger partial charge in [-0.05, 0) is 87.1 Å². The number of nitrogens with zero attached hydrogens (tertiary/aromatic N) is 1. The second-order valence-corrected chi connectivity index (χ2v) is 7.70. The van der Waals surface area contributed by atoms with Gasteiger partial charge in [0.05, 0.1) is 0 Å². The average molecular weight is 410 g/mol. The molecule has 0 aliphatic rings. The topological polar surface area (TPSA) is 27.3 Å². The van der Waals surface area contributed by atoms with Crippen LogP contribution in [0.15, 0.2) is 72.8 Å². The summed E-state index contributed by atoms with van der Waals surface area (Å²) in [4.78, 5) is 2.30. The van der Waals surface area contributed by atoms with Crippen molar-refractivity contribution in [3.05, 3.63) is 83.4 Å². The summed E-state index contributed by atoms with van der Waals surface area (Å²) >= 11 is 11.6. The Morgan fingerprint density at radius 3 is 2.04 bits per heavy atom. The first-order chi connectivity index (χ1) is 13.4. The predicted molar refractivity (Wildman–Crippen MR) is 126 cm³/mol. The van der Waals surface area contributed by atoms with E-state index in [9.17, 15) is 0 Å². The molecule has 2 N–H and O–H groups in total. The molecule has 0 bridgehead atoms. The van der Waals surface area contributed by atoms with E-state index < -0.39 is 0 Å². The van der Waals surface area contributed by atoms with Crippen LogP contribution in [-0.4, -0.2) is 11.2 Å². The van der Waals surface area contributed by atoms with Crippen LogP contribution in [0, 0.1) is 6.92 Å². The molecule has 0 saturated heterocycles. The summed E-state index contributed by atoms with van der Waals surface area (Å²) in [7, 11) is 0. The van der Waals surface area contributed by atoms with E-state index in [2.05, 4.69) is 65.8 Å². The minimum atomic E-state index is 0.343. The quantitative estimate of drug-likeness (QED) is 0.443. The molecule has 0 saturated carbocycles. The van der Waals surface area contributed by atoms with Gasteiger partial charge < -0.3 is 15.5 Å².